The van der Waals surface area contributed by atoms with E-state index < -0.39 is 5.91 Å². The van der Waals surface area contributed by atoms with Crippen molar-refractivity contribution in [2.75, 3.05) is 11.9 Å². The van der Waals surface area contributed by atoms with Crippen molar-refractivity contribution in [1.82, 2.24) is 0 Å². The molecule has 0 atom stereocenters. The van der Waals surface area contributed by atoms with Gasteiger partial charge in [0.2, 0.25) is 0 Å². The SMILES string of the molecule is C=CCOc1c(Cl)cc(/C=C(/C#N)C(=O)Nc2cccc(Br)c2)cc1Cl. The van der Waals surface area contributed by atoms with Gasteiger partial charge >= 0.3 is 0 Å². The van der Waals surface area contributed by atoms with Crippen molar-refractivity contribution in [3.8, 4) is 11.8 Å². The number of anilines is 1. The van der Waals surface area contributed by atoms with Crippen LogP contribution in [0.4, 0.5) is 5.69 Å². The van der Waals surface area contributed by atoms with E-state index in [1.54, 1.807) is 36.4 Å². The molecule has 7 heteroatoms. The van der Waals surface area contributed by atoms with E-state index in [4.69, 9.17) is 27.9 Å². The van der Waals surface area contributed by atoms with Crippen LogP contribution in [0, 0.1) is 11.3 Å². The molecule has 26 heavy (non-hydrogen) atoms. The largest absolute Gasteiger partial charge is 0.486 e. The van der Waals surface area contributed by atoms with Gasteiger partial charge in [-0.1, -0.05) is 57.9 Å². The normalized spacial score (nSPS) is 10.8. The number of rotatable bonds is 6. The minimum absolute atomic E-state index is 0.0862. The number of hydrogen-bond acceptors (Lipinski definition) is 3. The number of benzene rings is 2. The van der Waals surface area contributed by atoms with Crippen molar-refractivity contribution in [2.45, 2.75) is 0 Å². The first kappa shape index (κ1) is 20.1. The zero-order valence-electron chi connectivity index (χ0n) is 13.4. The summed E-state index contributed by atoms with van der Waals surface area (Å²) in [5.74, 6) is -0.215. The monoisotopic (exact) mass is 450 g/mol. The molecule has 0 radical (unpaired) electrons. The number of nitriles is 1. The van der Waals surface area contributed by atoms with Gasteiger partial charge in [0.05, 0.1) is 10.0 Å². The summed E-state index contributed by atoms with van der Waals surface area (Å²) in [4.78, 5) is 12.3. The fraction of sp³-hybridized carbons (Fsp3) is 0.0526. The lowest BCUT2D eigenvalue weighted by Gasteiger charge is -2.09. The van der Waals surface area contributed by atoms with E-state index in [1.807, 2.05) is 12.1 Å². The molecule has 2 aromatic carbocycles. The van der Waals surface area contributed by atoms with Crippen LogP contribution in [0.2, 0.25) is 10.0 Å². The molecule has 0 saturated carbocycles. The van der Waals surface area contributed by atoms with Crippen molar-refractivity contribution < 1.29 is 9.53 Å². The predicted molar refractivity (Wildman–Crippen MR) is 109 cm³/mol. The molecule has 2 rings (SSSR count). The summed E-state index contributed by atoms with van der Waals surface area (Å²) in [6.07, 6.45) is 2.98. The highest BCUT2D eigenvalue weighted by molar-refractivity contribution is 9.10. The van der Waals surface area contributed by atoms with E-state index in [9.17, 15) is 10.1 Å². The maximum absolute atomic E-state index is 12.3. The van der Waals surface area contributed by atoms with Crippen molar-refractivity contribution in [1.29, 1.82) is 5.26 Å². The first-order valence-electron chi connectivity index (χ1n) is 7.36. The van der Waals surface area contributed by atoms with Gasteiger partial charge in [0.15, 0.2) is 5.75 Å². The van der Waals surface area contributed by atoms with Gasteiger partial charge in [-0.15, -0.1) is 0 Å². The summed E-state index contributed by atoms with van der Waals surface area (Å²) < 4.78 is 6.20. The third-order valence-electron chi connectivity index (χ3n) is 3.12. The third-order valence-corrected chi connectivity index (χ3v) is 4.18. The Bertz CT molecular complexity index is 897. The van der Waals surface area contributed by atoms with Crippen LogP contribution >= 0.6 is 39.1 Å². The highest BCUT2D eigenvalue weighted by atomic mass is 79.9. The van der Waals surface area contributed by atoms with Crippen molar-refractivity contribution in [3.05, 3.63) is 74.7 Å². The molecule has 0 fully saturated rings. The molecule has 4 nitrogen and oxygen atoms in total. The number of nitrogens with one attached hydrogen (secondary N) is 1. The molecular weight excluding hydrogens is 439 g/mol. The molecule has 0 heterocycles. The van der Waals surface area contributed by atoms with E-state index in [1.165, 1.54) is 6.08 Å². The summed E-state index contributed by atoms with van der Waals surface area (Å²) in [5, 5.41) is 12.5. The van der Waals surface area contributed by atoms with Crippen LogP contribution in [0.3, 0.4) is 0 Å². The minimum Gasteiger partial charge on any atom is -0.486 e. The van der Waals surface area contributed by atoms with Crippen LogP contribution < -0.4 is 10.1 Å². The van der Waals surface area contributed by atoms with Crippen LogP contribution in [0.5, 0.6) is 5.75 Å². The maximum Gasteiger partial charge on any atom is 0.266 e. The molecule has 132 valence electrons. The Morgan fingerprint density at radius 3 is 2.58 bits per heavy atom. The molecule has 0 aliphatic rings. The number of amides is 1. The maximum atomic E-state index is 12.3. The fourth-order valence-electron chi connectivity index (χ4n) is 2.02. The van der Waals surface area contributed by atoms with E-state index >= 15 is 0 Å². The molecular formula is C19H13BrCl2N2O2. The molecule has 1 amide bonds. The molecule has 1 N–H and O–H groups in total. The predicted octanol–water partition coefficient (Wildman–Crippen LogP) is 5.87. The zero-order valence-corrected chi connectivity index (χ0v) is 16.5. The van der Waals surface area contributed by atoms with E-state index in [2.05, 4.69) is 27.8 Å². The van der Waals surface area contributed by atoms with E-state index in [-0.39, 0.29) is 22.2 Å². The molecule has 0 aliphatic carbocycles. The van der Waals surface area contributed by atoms with E-state index in [0.29, 0.717) is 17.0 Å². The topological polar surface area (TPSA) is 62.1 Å². The Labute approximate surface area is 169 Å². The van der Waals surface area contributed by atoms with Gasteiger partial charge in [0.25, 0.3) is 5.91 Å². The molecule has 2 aromatic rings. The molecule has 0 unspecified atom stereocenters. The Hall–Kier alpha value is -2.26. The van der Waals surface area contributed by atoms with E-state index in [0.717, 1.165) is 4.47 Å². The average Bonchev–Trinajstić information content (AvgIpc) is 2.59. The third kappa shape index (κ3) is 5.37. The summed E-state index contributed by atoms with van der Waals surface area (Å²) in [6, 6.07) is 12.1. The number of hydrogen-bond donors (Lipinski definition) is 1. The lowest BCUT2D eigenvalue weighted by atomic mass is 10.1. The second-order valence-electron chi connectivity index (χ2n) is 5.05. The summed E-state index contributed by atoms with van der Waals surface area (Å²) >= 11 is 15.6. The molecule has 0 aliphatic heterocycles. The average molecular weight is 452 g/mol. The second kappa shape index (κ2) is 9.44. The highest BCUT2D eigenvalue weighted by Gasteiger charge is 2.13. The summed E-state index contributed by atoms with van der Waals surface area (Å²) in [5.41, 5.74) is 0.985. The van der Waals surface area contributed by atoms with Gasteiger partial charge in [-0.25, -0.2) is 0 Å². The molecule has 0 saturated heterocycles. The Morgan fingerprint density at radius 2 is 2.00 bits per heavy atom. The number of ether oxygens (including phenoxy) is 1. The number of halogens is 3. The van der Waals surface area contributed by atoms with Crippen molar-refractivity contribution >= 4 is 56.8 Å². The standard InChI is InChI=1S/C19H13BrCl2N2O2/c1-2-6-26-18-16(21)8-12(9-17(18)22)7-13(11-23)19(25)24-15-5-3-4-14(20)10-15/h2-5,7-10H,1,6H2,(H,24,25)/b13-7-. The van der Waals surface area contributed by atoms with Gasteiger partial charge in [0.1, 0.15) is 18.2 Å². The smallest absolute Gasteiger partial charge is 0.266 e. The lowest BCUT2D eigenvalue weighted by molar-refractivity contribution is -0.112. The van der Waals surface area contributed by atoms with Crippen LogP contribution in [0.25, 0.3) is 6.08 Å². The summed E-state index contributed by atoms with van der Waals surface area (Å²) in [7, 11) is 0. The van der Waals surface area contributed by atoms with Crippen LogP contribution in [-0.4, -0.2) is 12.5 Å². The molecule has 0 aromatic heterocycles. The minimum atomic E-state index is -0.537. The quantitative estimate of drug-likeness (QED) is 0.339. The van der Waals surface area contributed by atoms with Crippen molar-refractivity contribution in [2.24, 2.45) is 0 Å². The summed E-state index contributed by atoms with van der Waals surface area (Å²) in [6.45, 7) is 3.82. The van der Waals surface area contributed by atoms with Crippen molar-refractivity contribution in [3.63, 3.8) is 0 Å². The Balaban J connectivity index is 2.26. The van der Waals surface area contributed by atoms with Crippen LogP contribution in [-0.2, 0) is 4.79 Å². The van der Waals surface area contributed by atoms with Crippen LogP contribution in [0.1, 0.15) is 5.56 Å². The molecule has 0 bridgehead atoms. The van der Waals surface area contributed by atoms with Gasteiger partial charge < -0.3 is 10.1 Å². The first-order chi connectivity index (χ1) is 12.4. The Morgan fingerprint density at radius 1 is 1.31 bits per heavy atom. The fourth-order valence-corrected chi connectivity index (χ4v) is 3.04. The zero-order chi connectivity index (χ0) is 19.1. The van der Waals surface area contributed by atoms with Gasteiger partial charge in [-0.05, 0) is 42.0 Å². The number of carbonyl (C=O) groups is 1. The van der Waals surface area contributed by atoms with Crippen LogP contribution in [0.15, 0.2) is 59.1 Å². The number of nitrogens with zero attached hydrogens (tertiary/aromatic N) is 1. The lowest BCUT2D eigenvalue weighted by Crippen LogP contribution is -2.13. The van der Waals surface area contributed by atoms with Gasteiger partial charge in [0, 0.05) is 10.2 Å². The number of carbonyl (C=O) groups excluding carboxylic acids is 1. The molecule has 0 spiro atoms. The Kier molecular flexibility index (Phi) is 7.28. The van der Waals surface area contributed by atoms with Gasteiger partial charge in [-0.3, -0.25) is 4.79 Å². The second-order valence-corrected chi connectivity index (χ2v) is 6.78. The first-order valence-corrected chi connectivity index (χ1v) is 8.91. The highest BCUT2D eigenvalue weighted by Crippen LogP contribution is 2.35. The van der Waals surface area contributed by atoms with Gasteiger partial charge in [-0.2, -0.15) is 5.26 Å².